The third-order valence-corrected chi connectivity index (χ3v) is 3.24. The second kappa shape index (κ2) is 6.26. The van der Waals surface area contributed by atoms with Gasteiger partial charge < -0.3 is 10.4 Å². The molecule has 0 fully saturated rings. The fraction of sp³-hybridized carbons (Fsp3) is 0.214. The Hall–Kier alpha value is -3.23. The Morgan fingerprint density at radius 1 is 1.39 bits per heavy atom. The van der Waals surface area contributed by atoms with Gasteiger partial charge in [-0.25, -0.2) is 9.48 Å². The summed E-state index contributed by atoms with van der Waals surface area (Å²) in [7, 11) is 0. The number of hydrogen-bond acceptors (Lipinski definition) is 5. The van der Waals surface area contributed by atoms with Gasteiger partial charge in [0.05, 0.1) is 4.92 Å². The quantitative estimate of drug-likeness (QED) is 0.641. The molecule has 2 N–H and O–H groups in total. The van der Waals surface area contributed by atoms with Crippen LogP contribution >= 0.6 is 0 Å². The molecule has 0 aliphatic rings. The molecule has 1 heterocycles. The number of aryl methyl sites for hydroxylation is 1. The molecule has 2 rings (SSSR count). The van der Waals surface area contributed by atoms with Gasteiger partial charge in [0.1, 0.15) is 17.4 Å². The van der Waals surface area contributed by atoms with Crippen molar-refractivity contribution in [2.24, 2.45) is 0 Å². The number of amides is 1. The van der Waals surface area contributed by atoms with Crippen molar-refractivity contribution in [1.82, 2.24) is 9.78 Å². The van der Waals surface area contributed by atoms with Crippen LogP contribution in [-0.2, 0) is 4.79 Å². The van der Waals surface area contributed by atoms with Crippen molar-refractivity contribution in [3.05, 3.63) is 51.8 Å². The molecule has 0 saturated carbocycles. The van der Waals surface area contributed by atoms with Crippen LogP contribution in [0.3, 0.4) is 0 Å². The van der Waals surface area contributed by atoms with E-state index in [1.165, 1.54) is 31.3 Å². The summed E-state index contributed by atoms with van der Waals surface area (Å²) in [5, 5.41) is 26.3. The zero-order valence-electron chi connectivity index (χ0n) is 12.4. The highest BCUT2D eigenvalue weighted by molar-refractivity contribution is 5.96. The predicted molar refractivity (Wildman–Crippen MR) is 80.4 cm³/mol. The second-order valence-corrected chi connectivity index (χ2v) is 4.91. The number of carboxylic acid groups (broad SMARTS) is 1. The van der Waals surface area contributed by atoms with Crippen molar-refractivity contribution in [3.8, 4) is 0 Å². The Morgan fingerprint density at radius 3 is 2.70 bits per heavy atom. The molecule has 0 radical (unpaired) electrons. The first kappa shape index (κ1) is 16.1. The lowest BCUT2D eigenvalue weighted by Gasteiger charge is -2.14. The van der Waals surface area contributed by atoms with Gasteiger partial charge >= 0.3 is 5.97 Å². The number of hydrogen-bond donors (Lipinski definition) is 2. The monoisotopic (exact) mass is 318 g/mol. The van der Waals surface area contributed by atoms with Crippen LogP contribution in [0.1, 0.15) is 29.0 Å². The van der Waals surface area contributed by atoms with Crippen molar-refractivity contribution in [2.45, 2.75) is 19.9 Å². The smallest absolute Gasteiger partial charge is 0.354 e. The number of carbonyl (C=O) groups is 2. The molecule has 0 aliphatic heterocycles. The lowest BCUT2D eigenvalue weighted by atomic mass is 10.2. The van der Waals surface area contributed by atoms with E-state index in [2.05, 4.69) is 10.4 Å². The number of anilines is 1. The third-order valence-electron chi connectivity index (χ3n) is 3.24. The number of nitrogens with one attached hydrogen (secondary N) is 1. The lowest BCUT2D eigenvalue weighted by molar-refractivity contribution is -0.384. The normalized spacial score (nSPS) is 11.7. The molecule has 23 heavy (non-hydrogen) atoms. The van der Waals surface area contributed by atoms with E-state index >= 15 is 0 Å². The van der Waals surface area contributed by atoms with E-state index in [0.29, 0.717) is 5.56 Å². The second-order valence-electron chi connectivity index (χ2n) is 4.91. The zero-order valence-corrected chi connectivity index (χ0v) is 12.4. The Balaban J connectivity index is 2.27. The van der Waals surface area contributed by atoms with Crippen molar-refractivity contribution < 1.29 is 19.6 Å². The van der Waals surface area contributed by atoms with E-state index in [0.717, 1.165) is 4.68 Å². The van der Waals surface area contributed by atoms with Gasteiger partial charge in [-0.2, -0.15) is 5.10 Å². The van der Waals surface area contributed by atoms with Crippen LogP contribution in [0.4, 0.5) is 11.4 Å². The van der Waals surface area contributed by atoms with Gasteiger partial charge in [0, 0.05) is 12.3 Å². The molecule has 0 spiro atoms. The molecule has 0 aliphatic carbocycles. The average Bonchev–Trinajstić information content (AvgIpc) is 2.97. The summed E-state index contributed by atoms with van der Waals surface area (Å²) in [4.78, 5) is 33.8. The summed E-state index contributed by atoms with van der Waals surface area (Å²) < 4.78 is 1.04. The Labute approximate surface area is 130 Å². The van der Waals surface area contributed by atoms with Crippen LogP contribution in [0.2, 0.25) is 0 Å². The Kier molecular flexibility index (Phi) is 4.39. The largest absolute Gasteiger partial charge is 0.477 e. The summed E-state index contributed by atoms with van der Waals surface area (Å²) in [6.45, 7) is 3.15. The summed E-state index contributed by atoms with van der Waals surface area (Å²) >= 11 is 0. The number of aromatic nitrogens is 2. The molecule has 9 nitrogen and oxygen atoms in total. The summed E-state index contributed by atoms with van der Waals surface area (Å²) in [6, 6.07) is 4.72. The average molecular weight is 318 g/mol. The van der Waals surface area contributed by atoms with Gasteiger partial charge in [-0.05, 0) is 31.5 Å². The van der Waals surface area contributed by atoms with Gasteiger partial charge in [-0.3, -0.25) is 14.9 Å². The van der Waals surface area contributed by atoms with Crippen LogP contribution in [0, 0.1) is 17.0 Å². The van der Waals surface area contributed by atoms with Gasteiger partial charge in [0.2, 0.25) is 5.91 Å². The van der Waals surface area contributed by atoms with Crippen molar-refractivity contribution >= 4 is 23.3 Å². The minimum absolute atomic E-state index is 0.0430. The number of rotatable bonds is 5. The van der Waals surface area contributed by atoms with Crippen LogP contribution < -0.4 is 5.32 Å². The van der Waals surface area contributed by atoms with E-state index in [-0.39, 0.29) is 17.1 Å². The standard InChI is InChI=1S/C14H14N4O5/c1-8-3-4-10(12(7-8)18(22)23)16-13(19)9(2)17-11(14(20)21)5-6-15-17/h3-7,9H,1-2H3,(H,16,19)(H,20,21). The Bertz CT molecular complexity index is 783. The minimum atomic E-state index is -1.22. The highest BCUT2D eigenvalue weighted by Crippen LogP contribution is 2.26. The fourth-order valence-electron chi connectivity index (χ4n) is 2.04. The first-order valence-electron chi connectivity index (χ1n) is 6.64. The van der Waals surface area contributed by atoms with E-state index in [9.17, 15) is 19.7 Å². The highest BCUT2D eigenvalue weighted by Gasteiger charge is 2.24. The van der Waals surface area contributed by atoms with Crippen molar-refractivity contribution in [2.75, 3.05) is 5.32 Å². The van der Waals surface area contributed by atoms with Crippen LogP contribution in [0.15, 0.2) is 30.5 Å². The van der Waals surface area contributed by atoms with E-state index in [1.54, 1.807) is 13.0 Å². The molecule has 2 aromatic rings. The van der Waals surface area contributed by atoms with Crippen LogP contribution in [-0.4, -0.2) is 31.7 Å². The third kappa shape index (κ3) is 3.34. The van der Waals surface area contributed by atoms with E-state index < -0.39 is 22.8 Å². The number of nitrogens with zero attached hydrogens (tertiary/aromatic N) is 3. The van der Waals surface area contributed by atoms with E-state index in [1.807, 2.05) is 0 Å². The molecule has 9 heteroatoms. The van der Waals surface area contributed by atoms with Gasteiger partial charge in [0.15, 0.2) is 0 Å². The number of benzene rings is 1. The number of nitro groups is 1. The SMILES string of the molecule is Cc1ccc(NC(=O)C(C)n2nccc2C(=O)O)c([N+](=O)[O-])c1. The number of carboxylic acids is 1. The maximum absolute atomic E-state index is 12.3. The molecule has 1 atom stereocenters. The first-order valence-corrected chi connectivity index (χ1v) is 6.64. The molecule has 1 aromatic heterocycles. The van der Waals surface area contributed by atoms with Gasteiger partial charge in [-0.15, -0.1) is 0 Å². The fourth-order valence-corrected chi connectivity index (χ4v) is 2.04. The number of aromatic carboxylic acids is 1. The molecule has 120 valence electrons. The van der Waals surface area contributed by atoms with Crippen LogP contribution in [0.5, 0.6) is 0 Å². The summed E-state index contributed by atoms with van der Waals surface area (Å²) in [6.07, 6.45) is 1.27. The maximum atomic E-state index is 12.3. The molecule has 0 saturated heterocycles. The van der Waals surface area contributed by atoms with Crippen LogP contribution in [0.25, 0.3) is 0 Å². The van der Waals surface area contributed by atoms with Crippen molar-refractivity contribution in [3.63, 3.8) is 0 Å². The number of nitro benzene ring substituents is 1. The molecule has 0 bridgehead atoms. The molecular weight excluding hydrogens is 304 g/mol. The van der Waals surface area contributed by atoms with Crippen molar-refractivity contribution in [1.29, 1.82) is 0 Å². The highest BCUT2D eigenvalue weighted by atomic mass is 16.6. The van der Waals surface area contributed by atoms with Gasteiger partial charge in [-0.1, -0.05) is 6.07 Å². The maximum Gasteiger partial charge on any atom is 0.354 e. The zero-order chi connectivity index (χ0) is 17.1. The molecule has 1 amide bonds. The predicted octanol–water partition coefficient (Wildman–Crippen LogP) is 2.00. The molecule has 1 unspecified atom stereocenters. The molecular formula is C14H14N4O5. The van der Waals surface area contributed by atoms with Gasteiger partial charge in [0.25, 0.3) is 5.69 Å². The minimum Gasteiger partial charge on any atom is -0.477 e. The topological polar surface area (TPSA) is 127 Å². The lowest BCUT2D eigenvalue weighted by Crippen LogP contribution is -2.27. The van der Waals surface area contributed by atoms with E-state index in [4.69, 9.17) is 5.11 Å². The number of carbonyl (C=O) groups excluding carboxylic acids is 1. The Morgan fingerprint density at radius 2 is 2.09 bits per heavy atom. The summed E-state index contributed by atoms with van der Waals surface area (Å²) in [5.74, 6) is -1.83. The summed E-state index contributed by atoms with van der Waals surface area (Å²) in [5.41, 5.74) is 0.347. The first-order chi connectivity index (χ1) is 10.8. The molecule has 1 aromatic carbocycles.